The molecule has 0 radical (unpaired) electrons. The van der Waals surface area contributed by atoms with E-state index in [9.17, 15) is 4.39 Å². The Morgan fingerprint density at radius 2 is 1.87 bits per heavy atom. The number of hydrogen-bond acceptors (Lipinski definition) is 2. The minimum absolute atomic E-state index is 0.0986. The van der Waals surface area contributed by atoms with E-state index in [4.69, 9.17) is 5.11 Å². The number of aliphatic hydroxyl groups is 1. The van der Waals surface area contributed by atoms with E-state index in [0.29, 0.717) is 5.56 Å². The van der Waals surface area contributed by atoms with Gasteiger partial charge in [0.25, 0.3) is 0 Å². The van der Waals surface area contributed by atoms with Gasteiger partial charge in [0.15, 0.2) is 0 Å². The second kappa shape index (κ2) is 4.62. The van der Waals surface area contributed by atoms with Gasteiger partial charge in [0.05, 0.1) is 6.61 Å². The quantitative estimate of drug-likeness (QED) is 0.808. The summed E-state index contributed by atoms with van der Waals surface area (Å²) in [6.45, 7) is 1.89. The van der Waals surface area contributed by atoms with Crippen LogP contribution in [-0.4, -0.2) is 18.2 Å². The molecule has 0 atom stereocenters. The summed E-state index contributed by atoms with van der Waals surface area (Å²) >= 11 is 0. The summed E-state index contributed by atoms with van der Waals surface area (Å²) in [6, 6.07) is 4.80. The Morgan fingerprint density at radius 3 is 2.53 bits per heavy atom. The first-order valence-electron chi connectivity index (χ1n) is 5.45. The lowest BCUT2D eigenvalue weighted by Crippen LogP contribution is -2.29. The highest BCUT2D eigenvalue weighted by Crippen LogP contribution is 2.22. The van der Waals surface area contributed by atoms with Crippen molar-refractivity contribution in [3.63, 3.8) is 0 Å². The van der Waals surface area contributed by atoms with Gasteiger partial charge in [-0.2, -0.15) is 0 Å². The number of rotatable bonds is 2. The fourth-order valence-electron chi connectivity index (χ4n) is 2.06. The average molecular weight is 209 g/mol. The number of benzene rings is 1. The van der Waals surface area contributed by atoms with Crippen LogP contribution in [0.2, 0.25) is 0 Å². The lowest BCUT2D eigenvalue weighted by Gasteiger charge is -2.29. The van der Waals surface area contributed by atoms with E-state index in [-0.39, 0.29) is 12.4 Å². The van der Waals surface area contributed by atoms with Gasteiger partial charge < -0.3 is 10.0 Å². The van der Waals surface area contributed by atoms with Gasteiger partial charge in [-0.25, -0.2) is 4.39 Å². The first kappa shape index (κ1) is 10.4. The predicted molar refractivity (Wildman–Crippen MR) is 58.4 cm³/mol. The molecule has 1 aromatic carbocycles. The number of anilines is 1. The van der Waals surface area contributed by atoms with Crippen LogP contribution in [-0.2, 0) is 6.61 Å². The van der Waals surface area contributed by atoms with Gasteiger partial charge in [0, 0.05) is 18.8 Å². The van der Waals surface area contributed by atoms with Crippen molar-refractivity contribution < 1.29 is 9.50 Å². The topological polar surface area (TPSA) is 23.5 Å². The lowest BCUT2D eigenvalue weighted by molar-refractivity contribution is 0.281. The van der Waals surface area contributed by atoms with E-state index >= 15 is 0 Å². The van der Waals surface area contributed by atoms with Gasteiger partial charge in [-0.3, -0.25) is 0 Å². The maximum absolute atomic E-state index is 13.2. The fraction of sp³-hybridized carbons (Fsp3) is 0.500. The minimum atomic E-state index is -0.262. The molecule has 2 nitrogen and oxygen atoms in total. The van der Waals surface area contributed by atoms with Crippen molar-refractivity contribution in [3.05, 3.63) is 29.6 Å². The Bertz CT molecular complexity index is 334. The Kier molecular flexibility index (Phi) is 3.21. The van der Waals surface area contributed by atoms with Gasteiger partial charge in [-0.1, -0.05) is 0 Å². The van der Waals surface area contributed by atoms with Crippen LogP contribution >= 0.6 is 0 Å². The monoisotopic (exact) mass is 209 g/mol. The highest BCUT2D eigenvalue weighted by Gasteiger charge is 2.12. The Morgan fingerprint density at radius 1 is 1.13 bits per heavy atom. The number of halogens is 1. The molecule has 0 aromatic heterocycles. The van der Waals surface area contributed by atoms with Crippen LogP contribution in [0.25, 0.3) is 0 Å². The number of aliphatic hydroxyl groups excluding tert-OH is 1. The van der Waals surface area contributed by atoms with Crippen LogP contribution in [0.5, 0.6) is 0 Å². The van der Waals surface area contributed by atoms with E-state index in [0.717, 1.165) is 18.8 Å². The molecule has 15 heavy (non-hydrogen) atoms. The van der Waals surface area contributed by atoms with Crippen molar-refractivity contribution in [1.82, 2.24) is 0 Å². The summed E-state index contributed by atoms with van der Waals surface area (Å²) < 4.78 is 13.2. The molecule has 1 saturated heterocycles. The highest BCUT2D eigenvalue weighted by atomic mass is 19.1. The first-order valence-corrected chi connectivity index (χ1v) is 5.45. The van der Waals surface area contributed by atoms with E-state index in [1.807, 2.05) is 6.07 Å². The standard InChI is InChI=1S/C12H16FNO/c13-11-6-10(9-15)7-12(8-11)14-4-2-1-3-5-14/h6-8,15H,1-5,9H2. The van der Waals surface area contributed by atoms with Gasteiger partial charge in [0.2, 0.25) is 0 Å². The van der Waals surface area contributed by atoms with Crippen LogP contribution < -0.4 is 4.90 Å². The maximum atomic E-state index is 13.2. The summed E-state index contributed by atoms with van der Waals surface area (Å²) in [6.07, 6.45) is 3.61. The van der Waals surface area contributed by atoms with E-state index in [1.165, 1.54) is 25.3 Å². The largest absolute Gasteiger partial charge is 0.392 e. The second-order valence-electron chi connectivity index (χ2n) is 4.02. The first-order chi connectivity index (χ1) is 7.29. The number of nitrogens with zero attached hydrogens (tertiary/aromatic N) is 1. The van der Waals surface area contributed by atoms with Gasteiger partial charge in [-0.15, -0.1) is 0 Å². The second-order valence-corrected chi connectivity index (χ2v) is 4.02. The van der Waals surface area contributed by atoms with Crippen molar-refractivity contribution in [2.45, 2.75) is 25.9 Å². The van der Waals surface area contributed by atoms with Crippen molar-refractivity contribution in [1.29, 1.82) is 0 Å². The van der Waals surface area contributed by atoms with Crippen molar-refractivity contribution >= 4 is 5.69 Å². The Hall–Kier alpha value is -1.09. The zero-order valence-corrected chi connectivity index (χ0v) is 8.75. The molecule has 0 spiro atoms. The molecule has 3 heteroatoms. The van der Waals surface area contributed by atoms with Gasteiger partial charge >= 0.3 is 0 Å². The van der Waals surface area contributed by atoms with Crippen LogP contribution in [0.4, 0.5) is 10.1 Å². The van der Waals surface area contributed by atoms with Crippen molar-refractivity contribution in [3.8, 4) is 0 Å². The molecular weight excluding hydrogens is 193 g/mol. The van der Waals surface area contributed by atoms with E-state index in [1.54, 1.807) is 6.07 Å². The molecule has 0 unspecified atom stereocenters. The molecule has 1 fully saturated rings. The zero-order valence-electron chi connectivity index (χ0n) is 8.75. The third-order valence-corrected chi connectivity index (χ3v) is 2.85. The average Bonchev–Trinajstić information content (AvgIpc) is 2.29. The van der Waals surface area contributed by atoms with Crippen molar-refractivity contribution in [2.24, 2.45) is 0 Å². The molecule has 0 amide bonds. The molecule has 82 valence electrons. The fourth-order valence-corrected chi connectivity index (χ4v) is 2.06. The van der Waals surface area contributed by atoms with E-state index < -0.39 is 0 Å². The third-order valence-electron chi connectivity index (χ3n) is 2.85. The van der Waals surface area contributed by atoms with Gasteiger partial charge in [0.1, 0.15) is 5.82 Å². The molecule has 0 saturated carbocycles. The molecule has 1 aliphatic heterocycles. The van der Waals surface area contributed by atoms with Crippen LogP contribution in [0.3, 0.4) is 0 Å². The minimum Gasteiger partial charge on any atom is -0.392 e. The van der Waals surface area contributed by atoms with Crippen LogP contribution in [0.15, 0.2) is 18.2 Å². The Labute approximate surface area is 89.3 Å². The smallest absolute Gasteiger partial charge is 0.125 e. The normalized spacial score (nSPS) is 16.8. The molecule has 1 aliphatic rings. The number of hydrogen-bond donors (Lipinski definition) is 1. The zero-order chi connectivity index (χ0) is 10.7. The summed E-state index contributed by atoms with van der Waals surface area (Å²) in [5.41, 5.74) is 1.55. The summed E-state index contributed by atoms with van der Waals surface area (Å²) in [5, 5.41) is 9.00. The summed E-state index contributed by atoms with van der Waals surface area (Å²) in [7, 11) is 0. The van der Waals surface area contributed by atoms with E-state index in [2.05, 4.69) is 4.90 Å². The van der Waals surface area contributed by atoms with Crippen LogP contribution in [0.1, 0.15) is 24.8 Å². The molecule has 1 aromatic rings. The Balaban J connectivity index is 2.22. The summed E-state index contributed by atoms with van der Waals surface area (Å²) in [5.74, 6) is -0.262. The van der Waals surface area contributed by atoms with Crippen LogP contribution in [0, 0.1) is 5.82 Å². The maximum Gasteiger partial charge on any atom is 0.125 e. The highest BCUT2D eigenvalue weighted by molar-refractivity contribution is 5.49. The molecule has 2 rings (SSSR count). The number of piperidine rings is 1. The van der Waals surface area contributed by atoms with Gasteiger partial charge in [-0.05, 0) is 43.0 Å². The molecule has 0 bridgehead atoms. The predicted octanol–water partition coefficient (Wildman–Crippen LogP) is 2.31. The SMILES string of the molecule is OCc1cc(F)cc(N2CCCCC2)c1. The van der Waals surface area contributed by atoms with Crippen molar-refractivity contribution in [2.75, 3.05) is 18.0 Å². The third kappa shape index (κ3) is 2.48. The lowest BCUT2D eigenvalue weighted by atomic mass is 10.1. The molecular formula is C12H16FNO. The molecule has 1 N–H and O–H groups in total. The molecule has 1 heterocycles. The molecule has 0 aliphatic carbocycles. The summed E-state index contributed by atoms with van der Waals surface area (Å²) in [4.78, 5) is 2.19.